The summed E-state index contributed by atoms with van der Waals surface area (Å²) in [5.41, 5.74) is 19.9. The molecule has 0 aliphatic heterocycles. The Morgan fingerprint density at radius 2 is 0.833 bits per heavy atom. The molecule has 0 aromatic heterocycles. The smallest absolute Gasteiger partial charge is 0.187 e. The minimum Gasteiger partial charge on any atom is -0.238 e. The molecule has 0 fully saturated rings. The van der Waals surface area contributed by atoms with Crippen LogP contribution in [0.1, 0.15) is 5.56 Å². The lowest BCUT2D eigenvalue weighted by molar-refractivity contribution is 1.48. The van der Waals surface area contributed by atoms with Crippen LogP contribution in [-0.4, -0.2) is 0 Å². The molecule has 66 heavy (non-hydrogen) atoms. The van der Waals surface area contributed by atoms with Gasteiger partial charge in [0.25, 0.3) is 0 Å². The average molecular weight is 831 g/mol. The quantitative estimate of drug-likeness (QED) is 0.128. The largest absolute Gasteiger partial charge is 0.238 e. The number of hydrogen-bond donors (Lipinski definition) is 0. The standard InChI is InChI=1S/C64H34N2/c1-66-42-25-27-48(52(31-42)39-14-6-3-7-15-39)63-49-29-28-44-54(58(49)35-60-47-22-10-18-41-19-11-23-50(62(41)47)64(60)63)32-53(43-26-24-37(36-65)30-51(43)38-12-4-2-5-13-38)59-34-57-46-21-9-17-40-16-8-20-45(61(40)46)56(57)33-55(44)59/h2-35H. The van der Waals surface area contributed by atoms with E-state index < -0.39 is 0 Å². The summed E-state index contributed by atoms with van der Waals surface area (Å²) in [6.45, 7) is 8.06. The van der Waals surface area contributed by atoms with Gasteiger partial charge in [-0.3, -0.25) is 0 Å². The van der Waals surface area contributed by atoms with E-state index in [9.17, 15) is 5.26 Å². The number of rotatable bonds is 4. The van der Waals surface area contributed by atoms with Gasteiger partial charge >= 0.3 is 0 Å². The lowest BCUT2D eigenvalue weighted by Crippen LogP contribution is -1.94. The highest BCUT2D eigenvalue weighted by Gasteiger charge is 2.30. The second kappa shape index (κ2) is 13.7. The topological polar surface area (TPSA) is 28.1 Å². The molecular weight excluding hydrogens is 797 g/mol. The molecule has 0 unspecified atom stereocenters. The number of nitrogens with zero attached hydrogens (tertiary/aromatic N) is 2. The van der Waals surface area contributed by atoms with Gasteiger partial charge in [-0.25, -0.2) is 4.85 Å². The number of fused-ring (bicyclic) bond motifs is 11. The molecule has 2 aliphatic carbocycles. The molecule has 12 aromatic carbocycles. The van der Waals surface area contributed by atoms with Gasteiger partial charge in [-0.15, -0.1) is 0 Å². The molecule has 0 heterocycles. The van der Waals surface area contributed by atoms with Gasteiger partial charge in [-0.2, -0.15) is 5.26 Å². The van der Waals surface area contributed by atoms with Gasteiger partial charge in [-0.05, 0) is 185 Å². The Kier molecular flexibility index (Phi) is 7.56. The van der Waals surface area contributed by atoms with Crippen LogP contribution in [0.4, 0.5) is 5.69 Å². The normalized spacial score (nSPS) is 11.9. The first kappa shape index (κ1) is 36.4. The van der Waals surface area contributed by atoms with Gasteiger partial charge in [-0.1, -0.05) is 164 Å². The fraction of sp³-hybridized carbons (Fsp3) is 0. The van der Waals surface area contributed by atoms with Crippen LogP contribution in [-0.2, 0) is 0 Å². The summed E-state index contributed by atoms with van der Waals surface area (Å²) in [5.74, 6) is 0. The van der Waals surface area contributed by atoms with Crippen LogP contribution in [0, 0.1) is 17.9 Å². The molecule has 0 amide bonds. The summed E-state index contributed by atoms with van der Waals surface area (Å²) in [4.78, 5) is 3.92. The maximum atomic E-state index is 10.2. The summed E-state index contributed by atoms with van der Waals surface area (Å²) in [5, 5.41) is 22.3. The SMILES string of the molecule is [C-]#[N+]c1ccc(-c2c3c(cc4c2ccc2c5cc6c(cc5c(-c5ccc(C#N)cc5-c5ccccc5)cc42)-c2cccc4cccc-6c24)-c2cccc4cccc-3c24)c(-c2ccccc2)c1. The first-order chi connectivity index (χ1) is 32.6. The van der Waals surface area contributed by atoms with Gasteiger partial charge in [0.2, 0.25) is 0 Å². The molecule has 0 N–H and O–H groups in total. The second-order valence-corrected chi connectivity index (χ2v) is 17.7. The van der Waals surface area contributed by atoms with Crippen LogP contribution < -0.4 is 0 Å². The highest BCUT2D eigenvalue weighted by molar-refractivity contribution is 6.30. The summed E-state index contributed by atoms with van der Waals surface area (Å²) < 4.78 is 0. The molecule has 0 radical (unpaired) electrons. The van der Waals surface area contributed by atoms with E-state index in [1.807, 2.05) is 18.2 Å². The fourth-order valence-electron chi connectivity index (χ4n) is 11.5. The van der Waals surface area contributed by atoms with Crippen LogP contribution >= 0.6 is 0 Å². The van der Waals surface area contributed by atoms with E-state index in [1.165, 1.54) is 98.5 Å². The first-order valence-electron chi connectivity index (χ1n) is 22.4. The third-order valence-electron chi connectivity index (χ3n) is 14.4. The van der Waals surface area contributed by atoms with Gasteiger partial charge in [0.05, 0.1) is 18.2 Å². The van der Waals surface area contributed by atoms with Crippen molar-refractivity contribution in [3.05, 3.63) is 223 Å². The molecule has 0 spiro atoms. The Balaban J connectivity index is 1.17. The Hall–Kier alpha value is -9.08. The van der Waals surface area contributed by atoms with Crippen LogP contribution in [0.5, 0.6) is 0 Å². The molecule has 2 heteroatoms. The Labute approximate surface area is 381 Å². The van der Waals surface area contributed by atoms with Crippen molar-refractivity contribution in [2.45, 2.75) is 0 Å². The summed E-state index contributed by atoms with van der Waals surface area (Å²) in [6, 6.07) is 77.0. The van der Waals surface area contributed by atoms with E-state index in [0.29, 0.717) is 11.3 Å². The van der Waals surface area contributed by atoms with E-state index in [0.717, 1.165) is 44.3 Å². The molecular formula is C64H34N2. The Bertz CT molecular complexity index is 4210. The zero-order valence-electron chi connectivity index (χ0n) is 35.5. The molecule has 300 valence electrons. The third-order valence-corrected chi connectivity index (χ3v) is 14.4. The lowest BCUT2D eigenvalue weighted by Gasteiger charge is -2.21. The lowest BCUT2D eigenvalue weighted by atomic mass is 9.82. The average Bonchev–Trinajstić information content (AvgIpc) is 3.88. The summed E-state index contributed by atoms with van der Waals surface area (Å²) in [7, 11) is 0. The second-order valence-electron chi connectivity index (χ2n) is 17.7. The van der Waals surface area contributed by atoms with Crippen molar-refractivity contribution in [2.75, 3.05) is 0 Å². The van der Waals surface area contributed by atoms with Crippen molar-refractivity contribution in [2.24, 2.45) is 0 Å². The molecule has 14 rings (SSSR count). The van der Waals surface area contributed by atoms with Gasteiger partial charge in [0.15, 0.2) is 5.69 Å². The highest BCUT2D eigenvalue weighted by atomic mass is 14.6. The predicted molar refractivity (Wildman–Crippen MR) is 276 cm³/mol. The van der Waals surface area contributed by atoms with Crippen LogP contribution in [0.15, 0.2) is 206 Å². The zero-order valence-corrected chi connectivity index (χ0v) is 35.5. The molecule has 2 aliphatic rings. The molecule has 0 bridgehead atoms. The van der Waals surface area contributed by atoms with Crippen molar-refractivity contribution in [1.29, 1.82) is 5.26 Å². The van der Waals surface area contributed by atoms with Crippen molar-refractivity contribution < 1.29 is 0 Å². The van der Waals surface area contributed by atoms with E-state index in [2.05, 4.69) is 199 Å². The van der Waals surface area contributed by atoms with Gasteiger partial charge in [0, 0.05) is 0 Å². The van der Waals surface area contributed by atoms with Crippen LogP contribution in [0.3, 0.4) is 0 Å². The fourth-order valence-corrected chi connectivity index (χ4v) is 11.5. The molecule has 12 aromatic rings. The first-order valence-corrected chi connectivity index (χ1v) is 22.4. The van der Waals surface area contributed by atoms with E-state index in [-0.39, 0.29) is 0 Å². The van der Waals surface area contributed by atoms with Crippen LogP contribution in [0.25, 0.3) is 148 Å². The van der Waals surface area contributed by atoms with Gasteiger partial charge in [0.1, 0.15) is 0 Å². The van der Waals surface area contributed by atoms with Crippen molar-refractivity contribution in [1.82, 2.24) is 0 Å². The number of benzene rings is 12. The maximum Gasteiger partial charge on any atom is 0.187 e. The van der Waals surface area contributed by atoms with E-state index >= 15 is 0 Å². The Morgan fingerprint density at radius 1 is 0.318 bits per heavy atom. The number of nitriles is 1. The van der Waals surface area contributed by atoms with Crippen LogP contribution in [0.2, 0.25) is 0 Å². The van der Waals surface area contributed by atoms with E-state index in [1.54, 1.807) is 0 Å². The predicted octanol–water partition coefficient (Wildman–Crippen LogP) is 17.8. The molecule has 0 atom stereocenters. The summed E-state index contributed by atoms with van der Waals surface area (Å²) >= 11 is 0. The van der Waals surface area contributed by atoms with Crippen molar-refractivity contribution >= 4 is 59.5 Å². The number of hydrogen-bond acceptors (Lipinski definition) is 1. The summed E-state index contributed by atoms with van der Waals surface area (Å²) in [6.07, 6.45) is 0. The zero-order chi connectivity index (χ0) is 43.6. The van der Waals surface area contributed by atoms with Crippen molar-refractivity contribution in [3.63, 3.8) is 0 Å². The molecule has 2 nitrogen and oxygen atoms in total. The van der Waals surface area contributed by atoms with Crippen molar-refractivity contribution in [3.8, 4) is 95.1 Å². The monoisotopic (exact) mass is 830 g/mol. The molecule has 0 saturated carbocycles. The minimum absolute atomic E-state index is 0.614. The van der Waals surface area contributed by atoms with E-state index in [4.69, 9.17) is 6.57 Å². The molecule has 0 saturated heterocycles. The third kappa shape index (κ3) is 5.04. The Morgan fingerprint density at radius 3 is 1.48 bits per heavy atom. The maximum absolute atomic E-state index is 10.2. The minimum atomic E-state index is 0.614. The van der Waals surface area contributed by atoms with Gasteiger partial charge < -0.3 is 0 Å². The highest BCUT2D eigenvalue weighted by Crippen LogP contribution is 2.57.